The Bertz CT molecular complexity index is 971. The van der Waals surface area contributed by atoms with Crippen LogP contribution in [0.1, 0.15) is 21.5 Å². The molecule has 0 aliphatic rings. The topological polar surface area (TPSA) is 99.4 Å². The quantitative estimate of drug-likeness (QED) is 0.660. The lowest BCUT2D eigenvalue weighted by atomic mass is 10.1. The molecule has 0 radical (unpaired) electrons. The van der Waals surface area contributed by atoms with E-state index < -0.39 is 5.97 Å². The molecule has 3 N–H and O–H groups in total. The van der Waals surface area contributed by atoms with Crippen LogP contribution in [0.3, 0.4) is 0 Å². The summed E-state index contributed by atoms with van der Waals surface area (Å²) < 4.78 is 10.4. The van der Waals surface area contributed by atoms with Crippen molar-refractivity contribution in [2.45, 2.75) is 13.8 Å². The number of benzene rings is 2. The number of nitrogens with two attached hydrogens (primary N) is 1. The van der Waals surface area contributed by atoms with Gasteiger partial charge in [0.05, 0.1) is 12.7 Å². The van der Waals surface area contributed by atoms with Gasteiger partial charge in [0.2, 0.25) is 5.88 Å². The third kappa shape index (κ3) is 4.14. The van der Waals surface area contributed by atoms with Crippen LogP contribution in [0.4, 0.5) is 17.2 Å². The highest BCUT2D eigenvalue weighted by Gasteiger charge is 2.12. The first-order valence-corrected chi connectivity index (χ1v) is 8.29. The van der Waals surface area contributed by atoms with E-state index in [1.807, 2.05) is 25.1 Å². The number of hydrogen-bond donors (Lipinski definition) is 2. The smallest absolute Gasteiger partial charge is 0.337 e. The monoisotopic (exact) mass is 364 g/mol. The van der Waals surface area contributed by atoms with Gasteiger partial charge in [0.15, 0.2) is 5.82 Å². The number of carbonyl (C=O) groups excluding carboxylic acids is 1. The number of carbonyl (C=O) groups is 1. The highest BCUT2D eigenvalue weighted by Crippen LogP contribution is 2.31. The zero-order valence-corrected chi connectivity index (χ0v) is 15.3. The Balaban J connectivity index is 1.80. The fraction of sp³-hybridized carbons (Fsp3) is 0.150. The second-order valence-corrected chi connectivity index (χ2v) is 5.98. The van der Waals surface area contributed by atoms with Gasteiger partial charge < -0.3 is 20.5 Å². The van der Waals surface area contributed by atoms with Crippen molar-refractivity contribution in [2.24, 2.45) is 0 Å². The van der Waals surface area contributed by atoms with Gasteiger partial charge in [-0.3, -0.25) is 0 Å². The molecule has 138 valence electrons. The zero-order valence-electron chi connectivity index (χ0n) is 15.3. The molecule has 7 heteroatoms. The van der Waals surface area contributed by atoms with Crippen molar-refractivity contribution in [3.05, 3.63) is 65.5 Å². The number of nitrogens with zero attached hydrogens (tertiary/aromatic N) is 2. The molecule has 1 heterocycles. The van der Waals surface area contributed by atoms with E-state index >= 15 is 0 Å². The molecule has 0 atom stereocenters. The maximum Gasteiger partial charge on any atom is 0.337 e. The first-order valence-electron chi connectivity index (χ1n) is 8.29. The number of esters is 1. The van der Waals surface area contributed by atoms with Crippen LogP contribution in [0.2, 0.25) is 0 Å². The number of nitrogen functional groups attached to an aromatic ring is 1. The average Bonchev–Trinajstić information content (AvgIpc) is 2.68. The molecular formula is C20H20N4O3. The Labute approximate surface area is 157 Å². The van der Waals surface area contributed by atoms with Gasteiger partial charge in [0.25, 0.3) is 0 Å². The maximum atomic E-state index is 11.5. The summed E-state index contributed by atoms with van der Waals surface area (Å²) in [4.78, 5) is 19.8. The minimum Gasteiger partial charge on any atom is -0.465 e. The lowest BCUT2D eigenvalue weighted by molar-refractivity contribution is 0.0600. The Kier molecular flexibility index (Phi) is 5.21. The fourth-order valence-electron chi connectivity index (χ4n) is 2.40. The molecule has 27 heavy (non-hydrogen) atoms. The summed E-state index contributed by atoms with van der Waals surface area (Å²) in [7, 11) is 1.33. The lowest BCUT2D eigenvalue weighted by Gasteiger charge is -2.12. The molecule has 0 bridgehead atoms. The number of hydrogen-bond acceptors (Lipinski definition) is 7. The van der Waals surface area contributed by atoms with Gasteiger partial charge in [-0.05, 0) is 61.4 Å². The molecule has 3 rings (SSSR count). The Morgan fingerprint density at radius 2 is 1.78 bits per heavy atom. The summed E-state index contributed by atoms with van der Waals surface area (Å²) in [6.45, 7) is 4.09. The third-order valence-electron chi connectivity index (χ3n) is 4.11. The number of nitrogens with one attached hydrogen (secondary N) is 1. The van der Waals surface area contributed by atoms with E-state index in [1.165, 1.54) is 19.0 Å². The van der Waals surface area contributed by atoms with Crippen LogP contribution in [0.15, 0.2) is 48.8 Å². The highest BCUT2D eigenvalue weighted by atomic mass is 16.5. The predicted octanol–water partition coefficient (Wildman–Crippen LogP) is 4.00. The number of methoxy groups -OCH3 is 1. The maximum absolute atomic E-state index is 11.5. The molecule has 0 saturated heterocycles. The summed E-state index contributed by atoms with van der Waals surface area (Å²) in [5.41, 5.74) is 10.1. The minimum atomic E-state index is -0.414. The van der Waals surface area contributed by atoms with Crippen LogP contribution < -0.4 is 15.8 Å². The van der Waals surface area contributed by atoms with E-state index in [2.05, 4.69) is 26.9 Å². The van der Waals surface area contributed by atoms with E-state index in [0.717, 1.165) is 11.3 Å². The molecule has 7 nitrogen and oxygen atoms in total. The van der Waals surface area contributed by atoms with Crippen molar-refractivity contribution < 1.29 is 14.3 Å². The lowest BCUT2D eigenvalue weighted by Crippen LogP contribution is -2.04. The molecule has 2 aromatic carbocycles. The van der Waals surface area contributed by atoms with Crippen molar-refractivity contribution in [2.75, 3.05) is 18.2 Å². The van der Waals surface area contributed by atoms with Crippen LogP contribution in [0.5, 0.6) is 11.6 Å². The van der Waals surface area contributed by atoms with Crippen molar-refractivity contribution in [3.8, 4) is 11.6 Å². The van der Waals surface area contributed by atoms with Crippen LogP contribution in [-0.2, 0) is 4.74 Å². The zero-order chi connectivity index (χ0) is 19.4. The van der Waals surface area contributed by atoms with Crippen molar-refractivity contribution in [1.29, 1.82) is 0 Å². The number of rotatable bonds is 5. The summed E-state index contributed by atoms with van der Waals surface area (Å²) >= 11 is 0. The second kappa shape index (κ2) is 7.74. The summed E-state index contributed by atoms with van der Waals surface area (Å²) in [6.07, 6.45) is 1.37. The Morgan fingerprint density at radius 3 is 2.44 bits per heavy atom. The molecule has 0 spiro atoms. The molecule has 0 unspecified atom stereocenters. The summed E-state index contributed by atoms with van der Waals surface area (Å²) in [5, 5.41) is 3.18. The van der Waals surface area contributed by atoms with E-state index in [4.69, 9.17) is 10.5 Å². The third-order valence-corrected chi connectivity index (χ3v) is 4.11. The Hall–Kier alpha value is -3.61. The molecule has 0 saturated carbocycles. The van der Waals surface area contributed by atoms with Gasteiger partial charge in [-0.15, -0.1) is 0 Å². The van der Waals surface area contributed by atoms with Gasteiger partial charge in [-0.2, -0.15) is 4.98 Å². The normalized spacial score (nSPS) is 10.3. The van der Waals surface area contributed by atoms with Crippen molar-refractivity contribution in [1.82, 2.24) is 9.97 Å². The predicted molar refractivity (Wildman–Crippen MR) is 103 cm³/mol. The largest absolute Gasteiger partial charge is 0.465 e. The highest BCUT2D eigenvalue weighted by molar-refractivity contribution is 5.89. The minimum absolute atomic E-state index is 0.224. The molecule has 3 aromatic rings. The SMILES string of the molecule is COC(=O)c1ccc(Oc2ncnc(Nc3ccc(C)c(C)c3)c2N)cc1. The average molecular weight is 364 g/mol. The summed E-state index contributed by atoms with van der Waals surface area (Å²) in [5.74, 6) is 0.754. The summed E-state index contributed by atoms with van der Waals surface area (Å²) in [6, 6.07) is 12.5. The molecule has 0 amide bonds. The number of anilines is 3. The second-order valence-electron chi connectivity index (χ2n) is 5.98. The molecule has 0 aliphatic heterocycles. The number of aryl methyl sites for hydroxylation is 2. The van der Waals surface area contributed by atoms with Crippen molar-refractivity contribution >= 4 is 23.2 Å². The Morgan fingerprint density at radius 1 is 1.04 bits per heavy atom. The first kappa shape index (κ1) is 18.2. The standard InChI is InChI=1S/C20H20N4O3/c1-12-4-7-15(10-13(12)2)24-18-17(21)19(23-11-22-18)27-16-8-5-14(6-9-16)20(25)26-3/h4-11H,21H2,1-3H3,(H,22,23,24). The first-order chi connectivity index (χ1) is 13.0. The van der Waals surface area contributed by atoms with Gasteiger partial charge in [-0.1, -0.05) is 6.07 Å². The van der Waals surface area contributed by atoms with E-state index in [1.54, 1.807) is 24.3 Å². The van der Waals surface area contributed by atoms with E-state index in [9.17, 15) is 4.79 Å². The molecular weight excluding hydrogens is 344 g/mol. The van der Waals surface area contributed by atoms with Crippen LogP contribution in [0.25, 0.3) is 0 Å². The van der Waals surface area contributed by atoms with Gasteiger partial charge in [0.1, 0.15) is 17.8 Å². The van der Waals surface area contributed by atoms with E-state index in [0.29, 0.717) is 17.1 Å². The van der Waals surface area contributed by atoms with Crippen LogP contribution in [-0.4, -0.2) is 23.0 Å². The fourth-order valence-corrected chi connectivity index (χ4v) is 2.40. The van der Waals surface area contributed by atoms with E-state index in [-0.39, 0.29) is 11.6 Å². The molecule has 1 aromatic heterocycles. The molecule has 0 fully saturated rings. The van der Waals surface area contributed by atoms with Crippen LogP contribution >= 0.6 is 0 Å². The van der Waals surface area contributed by atoms with Crippen LogP contribution in [0, 0.1) is 13.8 Å². The molecule has 0 aliphatic carbocycles. The number of aromatic nitrogens is 2. The van der Waals surface area contributed by atoms with Gasteiger partial charge in [-0.25, -0.2) is 9.78 Å². The van der Waals surface area contributed by atoms with Gasteiger partial charge in [0, 0.05) is 5.69 Å². The van der Waals surface area contributed by atoms with Gasteiger partial charge >= 0.3 is 5.97 Å². The van der Waals surface area contributed by atoms with Crippen molar-refractivity contribution in [3.63, 3.8) is 0 Å². The number of ether oxygens (including phenoxy) is 2.